The second kappa shape index (κ2) is 16.5. The summed E-state index contributed by atoms with van der Waals surface area (Å²) >= 11 is 0. The molecule has 4 atom stereocenters. The minimum Gasteiger partial charge on any atom is -0.484 e. The second-order valence-corrected chi connectivity index (χ2v) is 13.1. The molecule has 2 aromatic carbocycles. The maximum absolute atomic E-state index is 14.1. The van der Waals surface area contributed by atoms with Crippen LogP contribution in [-0.2, 0) is 36.8 Å². The first-order valence-electron chi connectivity index (χ1n) is 17.5. The molecule has 7 rings (SSSR count). The van der Waals surface area contributed by atoms with E-state index >= 15 is 0 Å². The first-order chi connectivity index (χ1) is 24.7. The van der Waals surface area contributed by atoms with Crippen molar-refractivity contribution < 1.29 is 28.7 Å². The van der Waals surface area contributed by atoms with Crippen LogP contribution < -0.4 is 25.6 Å². The van der Waals surface area contributed by atoms with Gasteiger partial charge >= 0.3 is 0 Å². The molecule has 0 spiro atoms. The highest BCUT2D eigenvalue weighted by molar-refractivity contribution is 5.96. The Kier molecular flexibility index (Phi) is 11.4. The predicted octanol–water partition coefficient (Wildman–Crippen LogP) is 0.858. The molecule has 0 saturated carbocycles. The molecule has 3 N–H and O–H groups in total. The van der Waals surface area contributed by atoms with Gasteiger partial charge in [0.1, 0.15) is 29.9 Å². The molecule has 0 radical (unpaired) electrons. The molecular weight excluding hydrogens is 652 g/mol. The fraction of sp³-hybridized carbons (Fsp3) is 0.432. The molecule has 4 aliphatic rings. The van der Waals surface area contributed by atoms with Gasteiger partial charge < -0.3 is 35.4 Å². The van der Waals surface area contributed by atoms with Gasteiger partial charge in [0.2, 0.25) is 29.6 Å². The Bertz CT molecular complexity index is 1690. The summed E-state index contributed by atoms with van der Waals surface area (Å²) in [4.78, 5) is 82.4. The van der Waals surface area contributed by atoms with Crippen LogP contribution in [0.4, 0.5) is 5.95 Å². The van der Waals surface area contributed by atoms with Gasteiger partial charge in [-0.05, 0) is 55.5 Å². The lowest BCUT2D eigenvalue weighted by Crippen LogP contribution is -2.58. The molecule has 51 heavy (non-hydrogen) atoms. The average Bonchev–Trinajstić information content (AvgIpc) is 3.51. The topological polar surface area (TPSA) is 166 Å². The molecule has 4 aliphatic heterocycles. The number of aromatic nitrogens is 2. The highest BCUT2D eigenvalue weighted by atomic mass is 16.5. The minimum atomic E-state index is -0.988. The summed E-state index contributed by atoms with van der Waals surface area (Å²) in [5.41, 5.74) is 1.62. The Labute approximate surface area is 296 Å². The number of nitrogens with one attached hydrogen (secondary N) is 3. The van der Waals surface area contributed by atoms with Crippen molar-refractivity contribution in [3.63, 3.8) is 0 Å². The van der Waals surface area contributed by atoms with Crippen molar-refractivity contribution in [2.45, 2.75) is 63.2 Å². The number of ether oxygens (including phenoxy) is 1. The summed E-state index contributed by atoms with van der Waals surface area (Å²) < 4.78 is 5.77. The number of anilines is 1. The SMILES string of the molecule is C[C@@H]1NC(=O)[C@H]2CCCN2C(=O)[C@@H](Cc2ccccc2)NC(=O)COc2ccc(cc2)C[C@@H](C(=O)N2CCCN(c3ncccn3)CC2)NC1=O. The Morgan fingerprint density at radius 3 is 2.35 bits per heavy atom. The van der Waals surface area contributed by atoms with E-state index in [0.29, 0.717) is 63.7 Å². The first kappa shape index (κ1) is 35.3. The highest BCUT2D eigenvalue weighted by Gasteiger charge is 2.39. The normalized spacial score (nSPS) is 23.8. The molecule has 5 heterocycles. The number of hydrogen-bond donors (Lipinski definition) is 3. The van der Waals surface area contributed by atoms with Crippen LogP contribution in [0.2, 0.25) is 0 Å². The van der Waals surface area contributed by atoms with Gasteiger partial charge in [0.25, 0.3) is 5.91 Å². The third-order valence-electron chi connectivity index (χ3n) is 9.50. The fourth-order valence-corrected chi connectivity index (χ4v) is 6.78. The Morgan fingerprint density at radius 1 is 0.824 bits per heavy atom. The molecule has 268 valence electrons. The molecular formula is C37H44N8O6. The molecule has 2 saturated heterocycles. The zero-order valence-corrected chi connectivity index (χ0v) is 28.7. The number of carbonyl (C=O) groups is 5. The first-order valence-corrected chi connectivity index (χ1v) is 17.5. The second-order valence-electron chi connectivity index (χ2n) is 13.1. The van der Waals surface area contributed by atoms with Gasteiger partial charge in [-0.25, -0.2) is 9.97 Å². The third kappa shape index (κ3) is 8.99. The van der Waals surface area contributed by atoms with E-state index in [-0.39, 0.29) is 31.3 Å². The van der Waals surface area contributed by atoms with E-state index < -0.39 is 41.9 Å². The largest absolute Gasteiger partial charge is 0.484 e. The Morgan fingerprint density at radius 2 is 1.59 bits per heavy atom. The summed E-state index contributed by atoms with van der Waals surface area (Å²) in [5, 5.41) is 8.51. The summed E-state index contributed by atoms with van der Waals surface area (Å²) in [6.07, 6.45) is 5.50. The summed E-state index contributed by atoms with van der Waals surface area (Å²) in [7, 11) is 0. The molecule has 5 amide bonds. The maximum atomic E-state index is 14.1. The van der Waals surface area contributed by atoms with Crippen molar-refractivity contribution >= 4 is 35.5 Å². The highest BCUT2D eigenvalue weighted by Crippen LogP contribution is 2.21. The lowest BCUT2D eigenvalue weighted by molar-refractivity contribution is -0.142. The van der Waals surface area contributed by atoms with E-state index in [1.165, 1.54) is 4.90 Å². The monoisotopic (exact) mass is 696 g/mol. The molecule has 3 aromatic rings. The molecule has 2 fully saturated rings. The maximum Gasteiger partial charge on any atom is 0.258 e. The zero-order valence-electron chi connectivity index (χ0n) is 28.7. The van der Waals surface area contributed by atoms with Crippen molar-refractivity contribution in [1.29, 1.82) is 0 Å². The predicted molar refractivity (Wildman–Crippen MR) is 187 cm³/mol. The van der Waals surface area contributed by atoms with Crippen LogP contribution in [0.25, 0.3) is 0 Å². The summed E-state index contributed by atoms with van der Waals surface area (Å²) in [6.45, 7) is 3.70. The van der Waals surface area contributed by atoms with Crippen LogP contribution in [0.1, 0.15) is 37.3 Å². The fourth-order valence-electron chi connectivity index (χ4n) is 6.78. The third-order valence-corrected chi connectivity index (χ3v) is 9.50. The number of benzene rings is 2. The van der Waals surface area contributed by atoms with E-state index in [1.54, 1.807) is 54.5 Å². The number of fused-ring (bicyclic) bond motifs is 13. The van der Waals surface area contributed by atoms with Crippen LogP contribution in [0.15, 0.2) is 73.1 Å². The van der Waals surface area contributed by atoms with Gasteiger partial charge in [-0.15, -0.1) is 0 Å². The van der Waals surface area contributed by atoms with Crippen molar-refractivity contribution in [3.8, 4) is 5.75 Å². The molecule has 0 unspecified atom stereocenters. The lowest BCUT2D eigenvalue weighted by Gasteiger charge is -2.30. The average molecular weight is 697 g/mol. The van der Waals surface area contributed by atoms with Crippen LogP contribution in [-0.4, -0.2) is 113 Å². The lowest BCUT2D eigenvalue weighted by atomic mass is 10.0. The van der Waals surface area contributed by atoms with E-state index in [0.717, 1.165) is 11.1 Å². The van der Waals surface area contributed by atoms with E-state index in [4.69, 9.17) is 4.74 Å². The van der Waals surface area contributed by atoms with Crippen LogP contribution in [0, 0.1) is 0 Å². The zero-order chi connectivity index (χ0) is 35.7. The molecule has 2 bridgehead atoms. The van der Waals surface area contributed by atoms with E-state index in [1.807, 2.05) is 35.2 Å². The van der Waals surface area contributed by atoms with Crippen LogP contribution >= 0.6 is 0 Å². The molecule has 1 aromatic heterocycles. The van der Waals surface area contributed by atoms with Crippen molar-refractivity contribution in [2.24, 2.45) is 0 Å². The Balaban J connectivity index is 1.22. The number of rotatable bonds is 4. The van der Waals surface area contributed by atoms with Gasteiger partial charge in [-0.2, -0.15) is 0 Å². The number of nitrogens with zero attached hydrogens (tertiary/aromatic N) is 5. The van der Waals surface area contributed by atoms with Crippen molar-refractivity contribution in [1.82, 2.24) is 35.7 Å². The Hall–Kier alpha value is -5.53. The van der Waals surface area contributed by atoms with Gasteiger partial charge in [0.05, 0.1) is 0 Å². The smallest absolute Gasteiger partial charge is 0.258 e. The summed E-state index contributed by atoms with van der Waals surface area (Å²) in [5.74, 6) is -1.05. The van der Waals surface area contributed by atoms with Gasteiger partial charge in [-0.1, -0.05) is 42.5 Å². The van der Waals surface area contributed by atoms with Gasteiger partial charge in [0, 0.05) is 58.0 Å². The van der Waals surface area contributed by atoms with Crippen molar-refractivity contribution in [2.75, 3.05) is 44.2 Å². The van der Waals surface area contributed by atoms with Crippen molar-refractivity contribution in [3.05, 3.63) is 84.2 Å². The number of amides is 5. The number of carbonyl (C=O) groups excluding carboxylic acids is 5. The van der Waals surface area contributed by atoms with Crippen LogP contribution in [0.5, 0.6) is 5.75 Å². The molecule has 14 nitrogen and oxygen atoms in total. The standard InChI is InChI=1S/C37H44N8O6/c1-25-33(47)42-29(35(49)43-17-7-18-44(21-20-43)37-38-15-6-16-39-37)23-27-11-13-28(14-12-27)51-24-32(46)41-30(22-26-8-3-2-4-9-26)36(50)45-19-5-10-31(45)34(48)40-25/h2-4,6,8-9,11-16,25,29-31H,5,7,10,17-24H2,1H3,(H,40,48)(H,41,46)(H,42,47)/t25-,29-,30+,31+/m0/s1. The quantitative estimate of drug-likeness (QED) is 0.359. The van der Waals surface area contributed by atoms with Crippen LogP contribution in [0.3, 0.4) is 0 Å². The molecule has 14 heteroatoms. The summed E-state index contributed by atoms with van der Waals surface area (Å²) in [6, 6.07) is 14.4. The van der Waals surface area contributed by atoms with E-state index in [2.05, 4.69) is 25.9 Å². The minimum absolute atomic E-state index is 0.195. The number of hydrogen-bond acceptors (Lipinski definition) is 9. The van der Waals surface area contributed by atoms with E-state index in [9.17, 15) is 24.0 Å². The van der Waals surface area contributed by atoms with Gasteiger partial charge in [0.15, 0.2) is 6.61 Å². The van der Waals surface area contributed by atoms with Gasteiger partial charge in [-0.3, -0.25) is 24.0 Å². The molecule has 0 aliphatic carbocycles.